The van der Waals surface area contributed by atoms with E-state index in [9.17, 15) is 4.79 Å². The molecular formula is C24H31N9O. The molecule has 1 unspecified atom stereocenters. The minimum atomic E-state index is -0.106. The molecule has 10 heteroatoms. The Kier molecular flexibility index (Phi) is 6.67. The van der Waals surface area contributed by atoms with E-state index in [2.05, 4.69) is 30.6 Å². The van der Waals surface area contributed by atoms with Crippen LogP contribution in [0.3, 0.4) is 0 Å². The zero-order chi connectivity index (χ0) is 24.4. The Morgan fingerprint density at radius 2 is 1.97 bits per heavy atom. The lowest BCUT2D eigenvalue weighted by Crippen LogP contribution is -2.33. The molecule has 34 heavy (non-hydrogen) atoms. The second kappa shape index (κ2) is 9.66. The lowest BCUT2D eigenvalue weighted by molar-refractivity contribution is -0.118. The number of aromatic nitrogens is 6. The third kappa shape index (κ3) is 4.66. The molecule has 0 spiro atoms. The topological polar surface area (TPSA) is 134 Å². The van der Waals surface area contributed by atoms with Gasteiger partial charge < -0.3 is 20.6 Å². The molecule has 3 N–H and O–H groups in total. The number of nitrogens with one attached hydrogen (secondary N) is 3. The van der Waals surface area contributed by atoms with Gasteiger partial charge in [-0.3, -0.25) is 4.79 Å². The molecule has 0 aromatic carbocycles. The maximum atomic E-state index is 11.7. The van der Waals surface area contributed by atoms with Gasteiger partial charge >= 0.3 is 0 Å². The Morgan fingerprint density at radius 3 is 2.62 bits per heavy atom. The fourth-order valence-electron chi connectivity index (χ4n) is 4.30. The average Bonchev–Trinajstić information content (AvgIpc) is 3.19. The molecule has 0 fully saturated rings. The van der Waals surface area contributed by atoms with E-state index in [1.165, 1.54) is 6.92 Å². The molecule has 1 aliphatic carbocycles. The van der Waals surface area contributed by atoms with E-state index >= 15 is 0 Å². The highest BCUT2D eigenvalue weighted by atomic mass is 16.1. The van der Waals surface area contributed by atoms with Crippen LogP contribution in [0.2, 0.25) is 0 Å². The number of rotatable bonds is 7. The summed E-state index contributed by atoms with van der Waals surface area (Å²) >= 11 is 0. The number of allylic oxidation sites excluding steroid dienone is 1. The van der Waals surface area contributed by atoms with E-state index in [0.29, 0.717) is 42.3 Å². The highest BCUT2D eigenvalue weighted by molar-refractivity contribution is 6.00. The summed E-state index contributed by atoms with van der Waals surface area (Å²) in [6, 6.07) is 0.0580. The van der Waals surface area contributed by atoms with E-state index in [0.717, 1.165) is 34.7 Å². The highest BCUT2D eigenvalue weighted by Gasteiger charge is 2.27. The van der Waals surface area contributed by atoms with Crippen LogP contribution in [0.4, 0.5) is 5.82 Å². The van der Waals surface area contributed by atoms with Crippen molar-refractivity contribution in [3.8, 4) is 11.4 Å². The third-order valence-electron chi connectivity index (χ3n) is 6.02. The van der Waals surface area contributed by atoms with Gasteiger partial charge in [0.05, 0.1) is 5.56 Å². The van der Waals surface area contributed by atoms with Crippen LogP contribution in [0.5, 0.6) is 0 Å². The first-order chi connectivity index (χ1) is 16.3. The van der Waals surface area contributed by atoms with E-state index in [-0.39, 0.29) is 17.9 Å². The molecule has 3 aromatic heterocycles. The van der Waals surface area contributed by atoms with Crippen LogP contribution >= 0.6 is 0 Å². The Balaban J connectivity index is 1.67. The molecule has 3 heterocycles. The summed E-state index contributed by atoms with van der Waals surface area (Å²) in [5, 5.41) is 15.1. The van der Waals surface area contributed by atoms with Gasteiger partial charge in [0.1, 0.15) is 18.0 Å². The zero-order valence-electron chi connectivity index (χ0n) is 20.3. The average molecular weight is 462 g/mol. The summed E-state index contributed by atoms with van der Waals surface area (Å²) in [5.74, 6) is 2.08. The quantitative estimate of drug-likeness (QED) is 0.457. The first-order valence-electron chi connectivity index (χ1n) is 11.6. The lowest BCUT2D eigenvalue weighted by Gasteiger charge is -2.29. The van der Waals surface area contributed by atoms with Gasteiger partial charge in [-0.15, -0.1) is 0 Å². The number of imidazole rings is 1. The molecule has 3 aromatic rings. The molecule has 0 aliphatic heterocycles. The van der Waals surface area contributed by atoms with E-state index in [1.54, 1.807) is 18.7 Å². The maximum Gasteiger partial charge on any atom is 0.221 e. The van der Waals surface area contributed by atoms with Crippen molar-refractivity contribution in [3.05, 3.63) is 35.8 Å². The molecule has 0 saturated carbocycles. The van der Waals surface area contributed by atoms with Crippen LogP contribution in [0.1, 0.15) is 52.8 Å². The predicted molar refractivity (Wildman–Crippen MR) is 131 cm³/mol. The maximum absolute atomic E-state index is 11.7. The molecule has 0 bridgehead atoms. The minimum Gasteiger partial charge on any atom is -0.365 e. The number of nitrogens with zero attached hydrogens (tertiary/aromatic N) is 6. The van der Waals surface area contributed by atoms with E-state index in [1.807, 2.05) is 32.3 Å². The first kappa shape index (κ1) is 23.5. The van der Waals surface area contributed by atoms with Crippen molar-refractivity contribution in [2.45, 2.75) is 66.5 Å². The minimum absolute atomic E-state index is 0.0580. The summed E-state index contributed by atoms with van der Waals surface area (Å²) in [7, 11) is 0. The van der Waals surface area contributed by atoms with Gasteiger partial charge in [0.15, 0.2) is 17.0 Å². The highest BCUT2D eigenvalue weighted by Crippen LogP contribution is 2.31. The fraction of sp³-hybridized carbons (Fsp3) is 0.458. The van der Waals surface area contributed by atoms with Crippen molar-refractivity contribution in [1.82, 2.24) is 34.8 Å². The molecule has 1 atom stereocenters. The number of aryl methyl sites for hydroxylation is 2. The van der Waals surface area contributed by atoms with Crippen molar-refractivity contribution in [2.24, 2.45) is 5.92 Å². The van der Waals surface area contributed by atoms with Gasteiger partial charge in [0.2, 0.25) is 5.91 Å². The van der Waals surface area contributed by atoms with Crippen molar-refractivity contribution in [3.63, 3.8) is 0 Å². The molecule has 1 aliphatic rings. The van der Waals surface area contributed by atoms with Crippen LogP contribution in [-0.2, 0) is 11.3 Å². The Bertz CT molecular complexity index is 1260. The van der Waals surface area contributed by atoms with E-state index < -0.39 is 0 Å². The summed E-state index contributed by atoms with van der Waals surface area (Å²) in [4.78, 5) is 34.2. The van der Waals surface area contributed by atoms with Crippen molar-refractivity contribution < 1.29 is 4.79 Å². The van der Waals surface area contributed by atoms with Gasteiger partial charge in [-0.05, 0) is 44.6 Å². The van der Waals surface area contributed by atoms with Crippen molar-refractivity contribution in [1.29, 1.82) is 5.41 Å². The van der Waals surface area contributed by atoms with Crippen LogP contribution in [0.15, 0.2) is 30.0 Å². The number of fused-ring (bicyclic) bond motifs is 1. The summed E-state index contributed by atoms with van der Waals surface area (Å²) in [6.07, 6.45) is 7.22. The second-order valence-electron chi connectivity index (χ2n) is 8.88. The number of amides is 1. The standard InChI is InChI=1S/C24H31N9O/c1-6-33-23(16-10-26-14(4)27-11-16)32-21-22(28-12-29-24(21)33)31-17-7-8-19(30-15(5)34)18(9-17)20(25)13(2)3/h10-13,17,25H,6-9H2,1-5H3,(H,30,34)(H,28,29,31). The van der Waals surface area contributed by atoms with Crippen molar-refractivity contribution >= 4 is 28.6 Å². The summed E-state index contributed by atoms with van der Waals surface area (Å²) < 4.78 is 2.03. The fourth-order valence-corrected chi connectivity index (χ4v) is 4.30. The van der Waals surface area contributed by atoms with Crippen LogP contribution < -0.4 is 10.6 Å². The first-order valence-corrected chi connectivity index (χ1v) is 11.6. The van der Waals surface area contributed by atoms with Crippen LogP contribution in [-0.4, -0.2) is 47.1 Å². The number of carbonyl (C=O) groups excluding carboxylic acids is 1. The van der Waals surface area contributed by atoms with Gasteiger partial charge in [-0.25, -0.2) is 24.9 Å². The second-order valence-corrected chi connectivity index (χ2v) is 8.88. The summed E-state index contributed by atoms with van der Waals surface area (Å²) in [5.41, 5.74) is 4.57. The molecule has 1 amide bonds. The summed E-state index contributed by atoms with van der Waals surface area (Å²) in [6.45, 7) is 10.1. The molecular weight excluding hydrogens is 430 g/mol. The molecule has 4 rings (SSSR count). The van der Waals surface area contributed by atoms with Crippen LogP contribution in [0.25, 0.3) is 22.6 Å². The van der Waals surface area contributed by atoms with Gasteiger partial charge in [0, 0.05) is 43.3 Å². The molecule has 0 saturated heterocycles. The lowest BCUT2D eigenvalue weighted by atomic mass is 9.85. The third-order valence-corrected chi connectivity index (χ3v) is 6.02. The number of carbonyl (C=O) groups is 1. The smallest absolute Gasteiger partial charge is 0.221 e. The molecule has 10 nitrogen and oxygen atoms in total. The molecule has 0 radical (unpaired) electrons. The Labute approximate surface area is 198 Å². The molecule has 178 valence electrons. The Hall–Kier alpha value is -3.69. The van der Waals surface area contributed by atoms with Crippen molar-refractivity contribution in [2.75, 3.05) is 5.32 Å². The van der Waals surface area contributed by atoms with Gasteiger partial charge in [0.25, 0.3) is 0 Å². The number of hydrogen-bond acceptors (Lipinski definition) is 8. The zero-order valence-corrected chi connectivity index (χ0v) is 20.3. The largest absolute Gasteiger partial charge is 0.365 e. The van der Waals surface area contributed by atoms with Gasteiger partial charge in [-0.2, -0.15) is 0 Å². The Morgan fingerprint density at radius 1 is 1.24 bits per heavy atom. The number of anilines is 1. The SMILES string of the molecule is CCn1c(-c2cnc(C)nc2)nc2c(NC3CCC(NC(C)=O)=C(C(=N)C(C)C)C3)ncnc21. The predicted octanol–water partition coefficient (Wildman–Crippen LogP) is 3.64. The monoisotopic (exact) mass is 461 g/mol. The number of hydrogen-bond donors (Lipinski definition) is 3. The van der Waals surface area contributed by atoms with E-state index in [4.69, 9.17) is 10.4 Å². The van der Waals surface area contributed by atoms with Gasteiger partial charge in [-0.1, -0.05) is 13.8 Å². The van der Waals surface area contributed by atoms with Crippen LogP contribution in [0, 0.1) is 18.3 Å². The normalized spacial score (nSPS) is 16.2.